The van der Waals surface area contributed by atoms with Gasteiger partial charge in [0.15, 0.2) is 0 Å². The van der Waals surface area contributed by atoms with Gasteiger partial charge in [0, 0.05) is 0 Å². The first-order chi connectivity index (χ1) is 11.3. The summed E-state index contributed by atoms with van der Waals surface area (Å²) in [5.74, 6) is 2.14. The molecule has 0 amide bonds. The third-order valence-electron chi connectivity index (χ3n) is 4.95. The Balaban J connectivity index is 0.000000302. The van der Waals surface area contributed by atoms with Crippen molar-refractivity contribution in [3.8, 4) is 0 Å². The molecule has 0 nitrogen and oxygen atoms in total. The second kappa shape index (κ2) is 16.1. The Kier molecular flexibility index (Phi) is 15.5. The van der Waals surface area contributed by atoms with Gasteiger partial charge in [-0.05, 0) is 23.8 Å². The van der Waals surface area contributed by atoms with Crippen LogP contribution in [0.1, 0.15) is 98.0 Å². The summed E-state index contributed by atoms with van der Waals surface area (Å²) in [6.45, 7) is 10.8. The lowest BCUT2D eigenvalue weighted by Crippen LogP contribution is -1.86. The molecule has 2 aliphatic rings. The quantitative estimate of drug-likeness (QED) is 0.517. The molecule has 0 spiro atoms. The van der Waals surface area contributed by atoms with E-state index in [2.05, 4.69) is 45.0 Å². The summed E-state index contributed by atoms with van der Waals surface area (Å²) >= 11 is 0. The summed E-state index contributed by atoms with van der Waals surface area (Å²) in [5.41, 5.74) is 1.41. The Morgan fingerprint density at radius 2 is 1.26 bits per heavy atom. The van der Waals surface area contributed by atoms with Gasteiger partial charge in [-0.2, -0.15) is 0 Å². The van der Waals surface area contributed by atoms with Gasteiger partial charge in [0.25, 0.3) is 0 Å². The fourth-order valence-corrected chi connectivity index (χ4v) is 3.26. The highest BCUT2D eigenvalue weighted by molar-refractivity contribution is 5.13. The third kappa shape index (κ3) is 12.3. The van der Waals surface area contributed by atoms with Crippen LogP contribution >= 0.6 is 0 Å². The first-order valence-electron chi connectivity index (χ1n) is 10.3. The van der Waals surface area contributed by atoms with Crippen LogP contribution < -0.4 is 0 Å². The zero-order valence-electron chi connectivity index (χ0n) is 16.6. The molecular formula is C23H42. The van der Waals surface area contributed by atoms with Crippen LogP contribution in [-0.2, 0) is 6.42 Å². The van der Waals surface area contributed by atoms with Gasteiger partial charge in [0.05, 0.1) is 0 Å². The molecular weight excluding hydrogens is 276 g/mol. The smallest absolute Gasteiger partial charge is 0.0307 e. The standard InChI is InChI=1S/C8H10.C7H14.C6H12.C2H6/c1-2-8-6-4-3-5-7-8;1-2-7-5-3-4-6-7;1-6-4-2-3-5-6;1-2/h3-7H,2H2,1H3;7H,2-6H2,1H3;6H,2-5H2,1H3;1-2H3. The van der Waals surface area contributed by atoms with Gasteiger partial charge in [0.1, 0.15) is 0 Å². The van der Waals surface area contributed by atoms with Crippen molar-refractivity contribution < 1.29 is 0 Å². The Morgan fingerprint density at radius 1 is 0.783 bits per heavy atom. The van der Waals surface area contributed by atoms with E-state index < -0.39 is 0 Å². The van der Waals surface area contributed by atoms with Gasteiger partial charge >= 0.3 is 0 Å². The van der Waals surface area contributed by atoms with Crippen LogP contribution in [0, 0.1) is 11.8 Å². The van der Waals surface area contributed by atoms with Crippen molar-refractivity contribution >= 4 is 0 Å². The summed E-state index contributed by atoms with van der Waals surface area (Å²) in [5, 5.41) is 0. The molecule has 1 aromatic rings. The molecule has 0 heterocycles. The zero-order valence-corrected chi connectivity index (χ0v) is 16.6. The predicted molar refractivity (Wildman–Crippen MR) is 107 cm³/mol. The second-order valence-electron chi connectivity index (χ2n) is 6.79. The van der Waals surface area contributed by atoms with Crippen LogP contribution in [0.25, 0.3) is 0 Å². The fraction of sp³-hybridized carbons (Fsp3) is 0.739. The van der Waals surface area contributed by atoms with E-state index in [4.69, 9.17) is 0 Å². The van der Waals surface area contributed by atoms with Gasteiger partial charge in [-0.1, -0.05) is 123 Å². The first kappa shape index (κ1) is 22.2. The topological polar surface area (TPSA) is 0 Å². The van der Waals surface area contributed by atoms with Crippen molar-refractivity contribution in [3.63, 3.8) is 0 Å². The Labute approximate surface area is 147 Å². The molecule has 2 saturated carbocycles. The SMILES string of the molecule is CC.CC1CCCC1.CCC1CCCC1.CCc1ccccc1. The maximum Gasteiger partial charge on any atom is -0.0307 e. The summed E-state index contributed by atoms with van der Waals surface area (Å²) in [6, 6.07) is 10.5. The normalized spacial score (nSPS) is 17.3. The van der Waals surface area contributed by atoms with E-state index in [1.165, 1.54) is 63.4 Å². The highest BCUT2D eigenvalue weighted by Crippen LogP contribution is 2.26. The molecule has 0 aromatic heterocycles. The maximum atomic E-state index is 2.34. The monoisotopic (exact) mass is 318 g/mol. The third-order valence-corrected chi connectivity index (χ3v) is 4.95. The number of benzene rings is 1. The van der Waals surface area contributed by atoms with Crippen LogP contribution in [-0.4, -0.2) is 0 Å². The van der Waals surface area contributed by atoms with Crippen LogP contribution in [0.4, 0.5) is 0 Å². The van der Waals surface area contributed by atoms with Crippen LogP contribution in [0.5, 0.6) is 0 Å². The lowest BCUT2D eigenvalue weighted by molar-refractivity contribution is 0.531. The number of hydrogen-bond acceptors (Lipinski definition) is 0. The minimum absolute atomic E-state index is 1.05. The van der Waals surface area contributed by atoms with E-state index in [0.29, 0.717) is 0 Å². The van der Waals surface area contributed by atoms with E-state index in [1.807, 2.05) is 19.9 Å². The van der Waals surface area contributed by atoms with E-state index in [1.54, 1.807) is 0 Å². The highest BCUT2D eigenvalue weighted by Gasteiger charge is 2.11. The molecule has 2 fully saturated rings. The van der Waals surface area contributed by atoms with Gasteiger partial charge in [-0.3, -0.25) is 0 Å². The van der Waals surface area contributed by atoms with E-state index in [0.717, 1.165) is 18.3 Å². The summed E-state index contributed by atoms with van der Waals surface area (Å²) < 4.78 is 0. The molecule has 0 heteroatoms. The molecule has 0 atom stereocenters. The predicted octanol–water partition coefficient (Wildman–Crippen LogP) is 8.06. The molecule has 134 valence electrons. The van der Waals surface area contributed by atoms with E-state index >= 15 is 0 Å². The minimum atomic E-state index is 1.05. The van der Waals surface area contributed by atoms with Crippen molar-refractivity contribution in [2.24, 2.45) is 11.8 Å². The minimum Gasteiger partial charge on any atom is -0.0683 e. The summed E-state index contributed by atoms with van der Waals surface area (Å²) in [7, 11) is 0. The first-order valence-corrected chi connectivity index (χ1v) is 10.3. The molecule has 0 radical (unpaired) electrons. The average Bonchev–Trinajstić information content (AvgIpc) is 3.32. The number of aryl methyl sites for hydroxylation is 1. The van der Waals surface area contributed by atoms with Crippen LogP contribution in [0.3, 0.4) is 0 Å². The van der Waals surface area contributed by atoms with Crippen LogP contribution in [0.2, 0.25) is 0 Å². The molecule has 2 aliphatic carbocycles. The van der Waals surface area contributed by atoms with Gasteiger partial charge in [0.2, 0.25) is 0 Å². The van der Waals surface area contributed by atoms with Crippen molar-refractivity contribution in [1.29, 1.82) is 0 Å². The molecule has 23 heavy (non-hydrogen) atoms. The van der Waals surface area contributed by atoms with Gasteiger partial charge < -0.3 is 0 Å². The Morgan fingerprint density at radius 3 is 1.52 bits per heavy atom. The van der Waals surface area contributed by atoms with Crippen LogP contribution in [0.15, 0.2) is 30.3 Å². The van der Waals surface area contributed by atoms with E-state index in [-0.39, 0.29) is 0 Å². The average molecular weight is 319 g/mol. The van der Waals surface area contributed by atoms with E-state index in [9.17, 15) is 0 Å². The molecule has 0 bridgehead atoms. The molecule has 0 unspecified atom stereocenters. The highest BCUT2D eigenvalue weighted by atomic mass is 14.2. The second-order valence-corrected chi connectivity index (χ2v) is 6.79. The molecule has 0 aliphatic heterocycles. The van der Waals surface area contributed by atoms with Gasteiger partial charge in [-0.25, -0.2) is 0 Å². The summed E-state index contributed by atoms with van der Waals surface area (Å²) in [4.78, 5) is 0. The molecule has 1 aromatic carbocycles. The fourth-order valence-electron chi connectivity index (χ4n) is 3.26. The largest absolute Gasteiger partial charge is 0.0683 e. The Bertz CT molecular complexity index is 315. The van der Waals surface area contributed by atoms with Crippen molar-refractivity contribution in [1.82, 2.24) is 0 Å². The maximum absolute atomic E-state index is 2.34. The number of hydrogen-bond donors (Lipinski definition) is 0. The van der Waals surface area contributed by atoms with Crippen molar-refractivity contribution in [3.05, 3.63) is 35.9 Å². The van der Waals surface area contributed by atoms with Crippen molar-refractivity contribution in [2.75, 3.05) is 0 Å². The van der Waals surface area contributed by atoms with Crippen molar-refractivity contribution in [2.45, 2.75) is 98.8 Å². The lowest BCUT2D eigenvalue weighted by Gasteiger charge is -1.99. The lowest BCUT2D eigenvalue weighted by atomic mass is 10.1. The molecule has 3 rings (SSSR count). The Hall–Kier alpha value is -0.780. The number of rotatable bonds is 2. The molecule has 0 N–H and O–H groups in total. The zero-order chi connectivity index (χ0) is 17.3. The summed E-state index contributed by atoms with van der Waals surface area (Å²) in [6.07, 6.45) is 14.5. The molecule has 0 saturated heterocycles. The van der Waals surface area contributed by atoms with Gasteiger partial charge in [-0.15, -0.1) is 0 Å².